The van der Waals surface area contributed by atoms with Crippen molar-refractivity contribution in [3.8, 4) is 0 Å². The molecule has 0 saturated carbocycles. The van der Waals surface area contributed by atoms with Crippen LogP contribution in [0.3, 0.4) is 0 Å². The topological polar surface area (TPSA) is 48.1 Å². The van der Waals surface area contributed by atoms with Crippen molar-refractivity contribution in [2.45, 2.75) is 129 Å². The van der Waals surface area contributed by atoms with Gasteiger partial charge in [-0.05, 0) is 58.5 Å². The molecule has 0 unspecified atom stereocenters. The zero-order chi connectivity index (χ0) is 23.2. The number of nitrogens with one attached hydrogen (secondary N) is 4. The Bertz CT molecular complexity index is 239. The van der Waals surface area contributed by atoms with Crippen LogP contribution in [0.5, 0.6) is 0 Å². The van der Waals surface area contributed by atoms with Gasteiger partial charge in [-0.3, -0.25) is 0 Å². The van der Waals surface area contributed by atoms with E-state index < -0.39 is 0 Å². The minimum absolute atomic E-state index is 1.09. The molecule has 4 nitrogen and oxygen atoms in total. The first-order valence-electron chi connectivity index (χ1n) is 14.7. The van der Waals surface area contributed by atoms with Crippen molar-refractivity contribution in [1.82, 2.24) is 21.3 Å². The minimum atomic E-state index is 1.09. The van der Waals surface area contributed by atoms with Gasteiger partial charge in [0.05, 0.1) is 0 Å². The number of hydrogen-bond donors (Lipinski definition) is 4. The number of hydrogen-bond acceptors (Lipinski definition) is 4. The Morgan fingerprint density at radius 3 is 0.781 bits per heavy atom. The van der Waals surface area contributed by atoms with Crippen LogP contribution in [0, 0.1) is 0 Å². The van der Waals surface area contributed by atoms with Crippen LogP contribution in [0.15, 0.2) is 0 Å². The summed E-state index contributed by atoms with van der Waals surface area (Å²) < 4.78 is 0. The van der Waals surface area contributed by atoms with Gasteiger partial charge in [-0.25, -0.2) is 0 Å². The number of rotatable bonds is 14. The van der Waals surface area contributed by atoms with Crippen molar-refractivity contribution < 1.29 is 0 Å². The van der Waals surface area contributed by atoms with Gasteiger partial charge in [0, 0.05) is 13.1 Å². The highest BCUT2D eigenvalue weighted by molar-refractivity contribution is 4.58. The SMILES string of the molecule is C1CNCCCNCCNCCCNC1.CCCCCCCCCCCCCCCCC. The van der Waals surface area contributed by atoms with E-state index in [2.05, 4.69) is 35.1 Å². The van der Waals surface area contributed by atoms with Crippen molar-refractivity contribution in [3.05, 3.63) is 0 Å². The van der Waals surface area contributed by atoms with Gasteiger partial charge in [-0.2, -0.15) is 0 Å². The molecule has 0 radical (unpaired) electrons. The van der Waals surface area contributed by atoms with Crippen LogP contribution < -0.4 is 21.3 Å². The highest BCUT2D eigenvalue weighted by Gasteiger charge is 1.94. The van der Waals surface area contributed by atoms with Gasteiger partial charge in [-0.1, -0.05) is 110 Å². The molecule has 0 aliphatic carbocycles. The smallest absolute Gasteiger partial charge is 0.00767 e. The fraction of sp³-hybridized carbons (Fsp3) is 1.00. The van der Waals surface area contributed by atoms with Crippen molar-refractivity contribution in [2.75, 3.05) is 52.4 Å². The minimum Gasteiger partial charge on any atom is -0.317 e. The molecule has 0 amide bonds. The Labute approximate surface area is 203 Å². The van der Waals surface area contributed by atoms with Crippen LogP contribution in [0.25, 0.3) is 0 Å². The van der Waals surface area contributed by atoms with E-state index in [0.29, 0.717) is 0 Å². The molecule has 4 heteroatoms. The molecule has 0 aromatic carbocycles. The summed E-state index contributed by atoms with van der Waals surface area (Å²) in [5.74, 6) is 0. The molecular formula is C28H62N4. The molecule has 0 atom stereocenters. The molecular weight excluding hydrogens is 392 g/mol. The second kappa shape index (κ2) is 30.8. The summed E-state index contributed by atoms with van der Waals surface area (Å²) in [5.41, 5.74) is 0. The second-order valence-corrected chi connectivity index (χ2v) is 9.66. The molecule has 1 aliphatic rings. The Balaban J connectivity index is 0.000000604. The largest absolute Gasteiger partial charge is 0.317 e. The molecule has 1 fully saturated rings. The van der Waals surface area contributed by atoms with E-state index in [1.165, 1.54) is 116 Å². The van der Waals surface area contributed by atoms with Crippen LogP contribution >= 0.6 is 0 Å². The first-order valence-corrected chi connectivity index (χ1v) is 14.7. The Kier molecular flexibility index (Phi) is 30.7. The van der Waals surface area contributed by atoms with Gasteiger partial charge >= 0.3 is 0 Å². The average Bonchev–Trinajstić information content (AvgIpc) is 2.82. The van der Waals surface area contributed by atoms with E-state index in [4.69, 9.17) is 0 Å². The monoisotopic (exact) mass is 454 g/mol. The predicted octanol–water partition coefficient (Wildman–Crippen LogP) is 6.41. The molecule has 0 bridgehead atoms. The first-order chi connectivity index (χ1) is 15.9. The Morgan fingerprint density at radius 2 is 0.531 bits per heavy atom. The molecule has 1 rings (SSSR count). The fourth-order valence-electron chi connectivity index (χ4n) is 4.14. The normalized spacial score (nSPS) is 17.1. The molecule has 1 heterocycles. The molecule has 0 aromatic rings. The van der Waals surface area contributed by atoms with Gasteiger partial charge < -0.3 is 21.3 Å². The maximum Gasteiger partial charge on any atom is 0.00767 e. The lowest BCUT2D eigenvalue weighted by molar-refractivity contribution is 0.534. The van der Waals surface area contributed by atoms with Gasteiger partial charge in [-0.15, -0.1) is 0 Å². The summed E-state index contributed by atoms with van der Waals surface area (Å²) >= 11 is 0. The zero-order valence-electron chi connectivity index (χ0n) is 22.4. The van der Waals surface area contributed by atoms with Crippen LogP contribution in [-0.2, 0) is 0 Å². The molecule has 1 saturated heterocycles. The van der Waals surface area contributed by atoms with Gasteiger partial charge in [0.2, 0.25) is 0 Å². The lowest BCUT2D eigenvalue weighted by atomic mass is 10.0. The van der Waals surface area contributed by atoms with Gasteiger partial charge in [0.25, 0.3) is 0 Å². The van der Waals surface area contributed by atoms with Crippen molar-refractivity contribution in [3.63, 3.8) is 0 Å². The van der Waals surface area contributed by atoms with Crippen LogP contribution in [0.1, 0.15) is 129 Å². The molecule has 194 valence electrons. The maximum atomic E-state index is 3.46. The van der Waals surface area contributed by atoms with E-state index in [1.54, 1.807) is 0 Å². The van der Waals surface area contributed by atoms with Crippen LogP contribution in [-0.4, -0.2) is 52.4 Å². The predicted molar refractivity (Wildman–Crippen MR) is 146 cm³/mol. The molecule has 4 N–H and O–H groups in total. The Morgan fingerprint density at radius 1 is 0.312 bits per heavy atom. The van der Waals surface area contributed by atoms with E-state index >= 15 is 0 Å². The molecule has 1 aliphatic heterocycles. The highest BCUT2D eigenvalue weighted by atomic mass is 15.0. The van der Waals surface area contributed by atoms with E-state index in [0.717, 1.165) is 52.4 Å². The second-order valence-electron chi connectivity index (χ2n) is 9.66. The quantitative estimate of drug-likeness (QED) is 0.229. The van der Waals surface area contributed by atoms with E-state index in [-0.39, 0.29) is 0 Å². The van der Waals surface area contributed by atoms with E-state index in [1.807, 2.05) is 0 Å². The summed E-state index contributed by atoms with van der Waals surface area (Å²) in [5, 5.41) is 13.8. The van der Waals surface area contributed by atoms with E-state index in [9.17, 15) is 0 Å². The maximum absolute atomic E-state index is 3.46. The third-order valence-electron chi connectivity index (χ3n) is 6.31. The lowest BCUT2D eigenvalue weighted by Crippen LogP contribution is -2.30. The third kappa shape index (κ3) is 29.8. The van der Waals surface area contributed by atoms with Crippen molar-refractivity contribution in [1.29, 1.82) is 0 Å². The van der Waals surface area contributed by atoms with Crippen molar-refractivity contribution in [2.24, 2.45) is 0 Å². The summed E-state index contributed by atoms with van der Waals surface area (Å²) in [6.07, 6.45) is 25.6. The third-order valence-corrected chi connectivity index (χ3v) is 6.31. The summed E-state index contributed by atoms with van der Waals surface area (Å²) in [4.78, 5) is 0. The summed E-state index contributed by atoms with van der Waals surface area (Å²) in [6.45, 7) is 13.6. The van der Waals surface area contributed by atoms with Crippen molar-refractivity contribution >= 4 is 0 Å². The zero-order valence-corrected chi connectivity index (χ0v) is 22.4. The number of unbranched alkanes of at least 4 members (excludes halogenated alkanes) is 14. The van der Waals surface area contributed by atoms with Gasteiger partial charge in [0.1, 0.15) is 0 Å². The Hall–Kier alpha value is -0.160. The fourth-order valence-corrected chi connectivity index (χ4v) is 4.14. The lowest BCUT2D eigenvalue weighted by Gasteiger charge is -2.06. The molecule has 0 spiro atoms. The average molecular weight is 455 g/mol. The summed E-state index contributed by atoms with van der Waals surface area (Å²) in [7, 11) is 0. The first kappa shape index (κ1) is 31.8. The molecule has 32 heavy (non-hydrogen) atoms. The highest BCUT2D eigenvalue weighted by Crippen LogP contribution is 2.13. The van der Waals surface area contributed by atoms with Crippen LogP contribution in [0.4, 0.5) is 0 Å². The van der Waals surface area contributed by atoms with Crippen LogP contribution in [0.2, 0.25) is 0 Å². The summed E-state index contributed by atoms with van der Waals surface area (Å²) in [6, 6.07) is 0. The van der Waals surface area contributed by atoms with Gasteiger partial charge in [0.15, 0.2) is 0 Å². The molecule has 0 aromatic heterocycles. The standard InChI is InChI=1S/C17H36.C11H26N4/c1-3-5-7-9-11-13-15-17-16-14-12-10-8-6-4-2;1-4-12-6-2-8-14-10-11-15-9-3-7-13-5-1/h3-17H2,1-2H3;12-15H,1-11H2.